The van der Waals surface area contributed by atoms with Crippen LogP contribution in [-0.4, -0.2) is 18.2 Å². The number of ether oxygens (including phenoxy) is 2. The lowest BCUT2D eigenvalue weighted by molar-refractivity contribution is -0.139. The first-order valence-electron chi connectivity index (χ1n) is 5.76. The first kappa shape index (κ1) is 12.9. The van der Waals surface area contributed by atoms with E-state index in [-0.39, 0.29) is 18.0 Å². The van der Waals surface area contributed by atoms with Crippen LogP contribution >= 0.6 is 0 Å². The number of cyclic esters (lactones) is 1. The minimum Gasteiger partial charge on any atom is -0.451 e. The predicted molar refractivity (Wildman–Crippen MR) is 66.5 cm³/mol. The number of carbonyl (C=O) groups excluding carboxylic acids is 2. The summed E-state index contributed by atoms with van der Waals surface area (Å²) in [6.45, 7) is 1.74. The Kier molecular flexibility index (Phi) is 3.70. The van der Waals surface area contributed by atoms with Crippen LogP contribution in [0.5, 0.6) is 0 Å². The monoisotopic (exact) mass is 262 g/mol. The van der Waals surface area contributed by atoms with E-state index in [0.717, 1.165) is 5.56 Å². The summed E-state index contributed by atoms with van der Waals surface area (Å²) in [5, 5.41) is 2.30. The number of esters is 1. The van der Waals surface area contributed by atoms with Gasteiger partial charge in [0.15, 0.2) is 5.70 Å². The van der Waals surface area contributed by atoms with Crippen molar-refractivity contribution in [3.63, 3.8) is 0 Å². The number of carbonyl (C=O) groups is 2. The number of alkyl carbamates (subject to hydrolysis) is 1. The molecule has 0 radical (unpaired) electrons. The van der Waals surface area contributed by atoms with Gasteiger partial charge in [0.1, 0.15) is 12.7 Å². The van der Waals surface area contributed by atoms with Crippen molar-refractivity contribution in [2.45, 2.75) is 19.6 Å². The van der Waals surface area contributed by atoms with Crippen LogP contribution in [0.1, 0.15) is 12.5 Å². The molecule has 2 rings (SSSR count). The van der Waals surface area contributed by atoms with Gasteiger partial charge in [-0.05, 0) is 12.5 Å². The van der Waals surface area contributed by atoms with Crippen LogP contribution < -0.4 is 11.1 Å². The Morgan fingerprint density at radius 2 is 2.11 bits per heavy atom. The molecule has 1 aromatic carbocycles. The summed E-state index contributed by atoms with van der Waals surface area (Å²) < 4.78 is 9.82. The minimum absolute atomic E-state index is 0.0504. The van der Waals surface area contributed by atoms with Gasteiger partial charge in [-0.3, -0.25) is 5.32 Å². The molecule has 1 aliphatic heterocycles. The van der Waals surface area contributed by atoms with E-state index in [0.29, 0.717) is 0 Å². The molecule has 1 aliphatic rings. The van der Waals surface area contributed by atoms with Crippen molar-refractivity contribution in [3.8, 4) is 0 Å². The smallest absolute Gasteiger partial charge is 0.412 e. The molecule has 0 fully saturated rings. The number of rotatable bonds is 3. The Labute approximate surface area is 110 Å². The van der Waals surface area contributed by atoms with Gasteiger partial charge in [-0.25, -0.2) is 9.59 Å². The molecular formula is C13H14N2O4. The van der Waals surface area contributed by atoms with E-state index in [9.17, 15) is 9.59 Å². The fraction of sp³-hybridized carbons (Fsp3) is 0.231. The van der Waals surface area contributed by atoms with Gasteiger partial charge in [0, 0.05) is 0 Å². The second-order valence-electron chi connectivity index (χ2n) is 4.06. The van der Waals surface area contributed by atoms with E-state index in [4.69, 9.17) is 15.2 Å². The Hall–Kier alpha value is -2.50. The zero-order valence-electron chi connectivity index (χ0n) is 10.4. The van der Waals surface area contributed by atoms with Crippen LogP contribution in [0.2, 0.25) is 0 Å². The van der Waals surface area contributed by atoms with Crippen LogP contribution in [0.15, 0.2) is 41.7 Å². The average molecular weight is 262 g/mol. The van der Waals surface area contributed by atoms with Gasteiger partial charge in [-0.1, -0.05) is 30.3 Å². The molecule has 0 saturated heterocycles. The Balaban J connectivity index is 1.90. The Morgan fingerprint density at radius 1 is 1.42 bits per heavy atom. The fourth-order valence-corrected chi connectivity index (χ4v) is 1.59. The molecule has 6 nitrogen and oxygen atoms in total. The number of nitrogens with two attached hydrogens (primary N) is 1. The summed E-state index contributed by atoms with van der Waals surface area (Å²) in [6, 6.07) is 9.20. The molecule has 100 valence electrons. The highest BCUT2D eigenvalue weighted by Gasteiger charge is 2.30. The Bertz CT molecular complexity index is 525. The second-order valence-corrected chi connectivity index (χ2v) is 4.06. The maximum absolute atomic E-state index is 11.5. The van der Waals surface area contributed by atoms with Crippen molar-refractivity contribution < 1.29 is 19.1 Å². The van der Waals surface area contributed by atoms with Crippen LogP contribution in [0.4, 0.5) is 4.79 Å². The van der Waals surface area contributed by atoms with Crippen molar-refractivity contribution in [3.05, 3.63) is 47.3 Å². The molecule has 1 aromatic rings. The maximum atomic E-state index is 11.5. The first-order valence-corrected chi connectivity index (χ1v) is 5.76. The summed E-state index contributed by atoms with van der Waals surface area (Å²) in [6.07, 6.45) is -1.27. The van der Waals surface area contributed by atoms with Crippen LogP contribution in [0, 0.1) is 0 Å². The molecule has 1 atom stereocenters. The van der Waals surface area contributed by atoms with E-state index < -0.39 is 18.2 Å². The van der Waals surface area contributed by atoms with Gasteiger partial charge >= 0.3 is 12.1 Å². The van der Waals surface area contributed by atoms with Crippen molar-refractivity contribution in [1.29, 1.82) is 0 Å². The fourth-order valence-electron chi connectivity index (χ4n) is 1.59. The average Bonchev–Trinajstić information content (AvgIpc) is 2.64. The zero-order valence-corrected chi connectivity index (χ0v) is 10.4. The predicted octanol–water partition coefficient (Wildman–Crippen LogP) is 1.03. The minimum atomic E-state index is -0.743. The number of hydrogen-bond donors (Lipinski definition) is 2. The quantitative estimate of drug-likeness (QED) is 0.794. The molecule has 6 heteroatoms. The first-order chi connectivity index (χ1) is 9.08. The third-order valence-electron chi connectivity index (χ3n) is 2.65. The third kappa shape index (κ3) is 3.04. The highest BCUT2D eigenvalue weighted by atomic mass is 16.6. The number of nitrogens with one attached hydrogen (secondary N) is 1. The van der Waals surface area contributed by atoms with E-state index >= 15 is 0 Å². The summed E-state index contributed by atoms with van der Waals surface area (Å²) in [5.41, 5.74) is 6.63. The normalized spacial score (nSPS) is 18.2. The van der Waals surface area contributed by atoms with E-state index in [2.05, 4.69) is 5.32 Å². The highest BCUT2D eigenvalue weighted by molar-refractivity contribution is 5.95. The van der Waals surface area contributed by atoms with Crippen LogP contribution in [0.3, 0.4) is 0 Å². The molecule has 0 saturated carbocycles. The summed E-state index contributed by atoms with van der Waals surface area (Å²) >= 11 is 0. The molecule has 0 aliphatic carbocycles. The maximum Gasteiger partial charge on any atom is 0.412 e. The van der Waals surface area contributed by atoms with E-state index in [1.165, 1.54) is 0 Å². The number of benzene rings is 1. The van der Waals surface area contributed by atoms with Gasteiger partial charge < -0.3 is 15.2 Å². The molecule has 0 bridgehead atoms. The summed E-state index contributed by atoms with van der Waals surface area (Å²) in [4.78, 5) is 22.9. The van der Waals surface area contributed by atoms with Crippen molar-refractivity contribution in [2.24, 2.45) is 5.73 Å². The van der Waals surface area contributed by atoms with Gasteiger partial charge in [0.05, 0.1) is 5.70 Å². The van der Waals surface area contributed by atoms with Gasteiger partial charge in [-0.2, -0.15) is 0 Å². The van der Waals surface area contributed by atoms with Gasteiger partial charge in [-0.15, -0.1) is 0 Å². The summed E-state index contributed by atoms with van der Waals surface area (Å²) in [7, 11) is 0. The standard InChI is InChI=1S/C13H14N2O4/c1-8-10(14)11(12(16)19-8)15-13(17)18-7-9-5-3-2-4-6-9/h2-6,8H,7,14H2,1H3,(H,15,17). The highest BCUT2D eigenvalue weighted by Crippen LogP contribution is 2.16. The number of amides is 1. The van der Waals surface area contributed by atoms with Gasteiger partial charge in [0.25, 0.3) is 0 Å². The summed E-state index contributed by atoms with van der Waals surface area (Å²) in [5.74, 6) is -0.651. The lowest BCUT2D eigenvalue weighted by atomic mass is 10.2. The number of hydrogen-bond acceptors (Lipinski definition) is 5. The molecule has 0 aromatic heterocycles. The molecule has 1 amide bonds. The van der Waals surface area contributed by atoms with Gasteiger partial charge in [0.2, 0.25) is 0 Å². The molecule has 19 heavy (non-hydrogen) atoms. The van der Waals surface area contributed by atoms with Crippen molar-refractivity contribution in [1.82, 2.24) is 5.32 Å². The molecule has 3 N–H and O–H groups in total. The molecule has 0 spiro atoms. The SMILES string of the molecule is CC1OC(=O)C(NC(=O)OCc2ccccc2)=C1N. The van der Waals surface area contributed by atoms with Crippen LogP contribution in [-0.2, 0) is 20.9 Å². The van der Waals surface area contributed by atoms with Crippen molar-refractivity contribution >= 4 is 12.1 Å². The van der Waals surface area contributed by atoms with E-state index in [1.54, 1.807) is 6.92 Å². The largest absolute Gasteiger partial charge is 0.451 e. The zero-order chi connectivity index (χ0) is 13.8. The van der Waals surface area contributed by atoms with Crippen molar-refractivity contribution in [2.75, 3.05) is 0 Å². The lowest BCUT2D eigenvalue weighted by Crippen LogP contribution is -2.28. The second kappa shape index (κ2) is 5.43. The molecular weight excluding hydrogens is 248 g/mol. The lowest BCUT2D eigenvalue weighted by Gasteiger charge is -2.06. The van der Waals surface area contributed by atoms with Crippen LogP contribution in [0.25, 0.3) is 0 Å². The molecule has 1 heterocycles. The molecule has 1 unspecified atom stereocenters. The van der Waals surface area contributed by atoms with E-state index in [1.807, 2.05) is 30.3 Å². The third-order valence-corrected chi connectivity index (χ3v) is 2.65. The Morgan fingerprint density at radius 3 is 2.68 bits per heavy atom. The topological polar surface area (TPSA) is 90.6 Å².